The number of ether oxygens (including phenoxy) is 1. The number of pyridine rings is 1. The highest BCUT2D eigenvalue weighted by atomic mass is 16.5. The van der Waals surface area contributed by atoms with Gasteiger partial charge in [-0.15, -0.1) is 0 Å². The molecular weight excluding hydrogens is 238 g/mol. The Kier molecular flexibility index (Phi) is 3.45. The van der Waals surface area contributed by atoms with Crippen LogP contribution in [0.2, 0.25) is 0 Å². The molecule has 0 bridgehead atoms. The van der Waals surface area contributed by atoms with Crippen LogP contribution in [0.1, 0.15) is 36.0 Å². The van der Waals surface area contributed by atoms with Gasteiger partial charge in [-0.3, -0.25) is 4.79 Å². The van der Waals surface area contributed by atoms with Crippen molar-refractivity contribution in [1.29, 1.82) is 0 Å². The van der Waals surface area contributed by atoms with Gasteiger partial charge in [0.05, 0.1) is 17.7 Å². The Morgan fingerprint density at radius 3 is 2.89 bits per heavy atom. The number of carbonyl (C=O) groups excluding carboxylic acids is 1. The fraction of sp³-hybridized carbons (Fsp3) is 0.375. The van der Waals surface area contributed by atoms with Crippen LogP contribution in [0.15, 0.2) is 30.3 Å². The molecule has 3 rings (SSSR count). The Balaban J connectivity index is 1.77. The summed E-state index contributed by atoms with van der Waals surface area (Å²) in [5.74, 6) is 1.27. The summed E-state index contributed by atoms with van der Waals surface area (Å²) in [5.41, 5.74) is 1.40. The summed E-state index contributed by atoms with van der Waals surface area (Å²) in [6.07, 6.45) is 5.85. The zero-order chi connectivity index (χ0) is 13.1. The van der Waals surface area contributed by atoms with Crippen LogP contribution in [0, 0.1) is 5.92 Å². The standard InChI is InChI=1S/C16H17NO2/c18-11-14-10-13-6-1-2-7-15(13)17-16(14)19-9-8-12-4-3-5-12/h1-2,6-7,10-12H,3-5,8-9H2. The lowest BCUT2D eigenvalue weighted by Gasteiger charge is -2.24. The highest BCUT2D eigenvalue weighted by molar-refractivity contribution is 5.88. The number of aldehydes is 1. The maximum Gasteiger partial charge on any atom is 0.224 e. The number of benzene rings is 1. The van der Waals surface area contributed by atoms with Crippen LogP contribution in [0.3, 0.4) is 0 Å². The first-order valence-corrected chi connectivity index (χ1v) is 6.84. The molecule has 0 aliphatic heterocycles. The highest BCUT2D eigenvalue weighted by Gasteiger charge is 2.17. The molecule has 0 amide bonds. The van der Waals surface area contributed by atoms with Crippen LogP contribution in [-0.4, -0.2) is 17.9 Å². The first-order valence-electron chi connectivity index (χ1n) is 6.84. The van der Waals surface area contributed by atoms with E-state index in [0.717, 1.165) is 29.5 Å². The first-order chi connectivity index (χ1) is 9.36. The van der Waals surface area contributed by atoms with E-state index in [1.807, 2.05) is 30.3 Å². The van der Waals surface area contributed by atoms with Gasteiger partial charge in [-0.2, -0.15) is 0 Å². The van der Waals surface area contributed by atoms with Crippen molar-refractivity contribution in [3.63, 3.8) is 0 Å². The van der Waals surface area contributed by atoms with Gasteiger partial charge in [-0.25, -0.2) is 4.98 Å². The average molecular weight is 255 g/mol. The third-order valence-corrected chi connectivity index (χ3v) is 3.83. The fourth-order valence-corrected chi connectivity index (χ4v) is 2.42. The van der Waals surface area contributed by atoms with E-state index in [9.17, 15) is 4.79 Å². The number of carbonyl (C=O) groups is 1. The number of rotatable bonds is 5. The van der Waals surface area contributed by atoms with E-state index in [4.69, 9.17) is 4.74 Å². The normalized spacial score (nSPS) is 15.2. The minimum absolute atomic E-state index is 0.466. The SMILES string of the molecule is O=Cc1cc2ccccc2nc1OCCC1CCC1. The second kappa shape index (κ2) is 5.39. The van der Waals surface area contributed by atoms with Gasteiger partial charge >= 0.3 is 0 Å². The molecule has 19 heavy (non-hydrogen) atoms. The maximum atomic E-state index is 11.1. The summed E-state index contributed by atoms with van der Waals surface area (Å²) >= 11 is 0. The topological polar surface area (TPSA) is 39.2 Å². The van der Waals surface area contributed by atoms with Gasteiger partial charge in [0.15, 0.2) is 6.29 Å². The van der Waals surface area contributed by atoms with Crippen LogP contribution in [0.25, 0.3) is 10.9 Å². The molecular formula is C16H17NO2. The molecule has 0 unspecified atom stereocenters. The largest absolute Gasteiger partial charge is 0.477 e. The first kappa shape index (κ1) is 12.2. The molecule has 1 heterocycles. The summed E-state index contributed by atoms with van der Waals surface area (Å²) in [6.45, 7) is 0.650. The molecule has 1 aromatic carbocycles. The van der Waals surface area contributed by atoms with E-state index in [2.05, 4.69) is 4.98 Å². The molecule has 1 aromatic heterocycles. The Bertz CT molecular complexity index is 590. The van der Waals surface area contributed by atoms with Crippen LogP contribution in [0.5, 0.6) is 5.88 Å². The molecule has 1 saturated carbocycles. The maximum absolute atomic E-state index is 11.1. The summed E-state index contributed by atoms with van der Waals surface area (Å²) < 4.78 is 5.70. The number of nitrogens with zero attached hydrogens (tertiary/aromatic N) is 1. The number of hydrogen-bond donors (Lipinski definition) is 0. The summed E-state index contributed by atoms with van der Waals surface area (Å²) in [4.78, 5) is 15.5. The van der Waals surface area contributed by atoms with E-state index in [1.54, 1.807) is 0 Å². The third-order valence-electron chi connectivity index (χ3n) is 3.83. The Morgan fingerprint density at radius 1 is 1.32 bits per heavy atom. The van der Waals surface area contributed by atoms with Crippen molar-refractivity contribution in [3.8, 4) is 5.88 Å². The monoisotopic (exact) mass is 255 g/mol. The molecule has 1 fully saturated rings. The van der Waals surface area contributed by atoms with Crippen molar-refractivity contribution < 1.29 is 9.53 Å². The van der Waals surface area contributed by atoms with Crippen LogP contribution in [0.4, 0.5) is 0 Å². The lowest BCUT2D eigenvalue weighted by atomic mass is 9.83. The van der Waals surface area contributed by atoms with E-state index in [1.165, 1.54) is 19.3 Å². The zero-order valence-corrected chi connectivity index (χ0v) is 10.8. The van der Waals surface area contributed by atoms with Gasteiger partial charge in [0.25, 0.3) is 0 Å². The molecule has 1 aliphatic carbocycles. The van der Waals surface area contributed by atoms with Gasteiger partial charge in [0, 0.05) is 5.39 Å². The molecule has 3 heteroatoms. The molecule has 0 N–H and O–H groups in total. The van der Waals surface area contributed by atoms with Crippen molar-refractivity contribution in [1.82, 2.24) is 4.98 Å². The number of fused-ring (bicyclic) bond motifs is 1. The molecule has 1 aliphatic rings. The molecule has 0 atom stereocenters. The minimum atomic E-state index is 0.466. The van der Waals surface area contributed by atoms with E-state index in [0.29, 0.717) is 18.1 Å². The molecule has 0 radical (unpaired) electrons. The molecule has 0 saturated heterocycles. The number of hydrogen-bond acceptors (Lipinski definition) is 3. The zero-order valence-electron chi connectivity index (χ0n) is 10.8. The van der Waals surface area contributed by atoms with Crippen LogP contribution in [-0.2, 0) is 0 Å². The van der Waals surface area contributed by atoms with E-state index in [-0.39, 0.29) is 0 Å². The summed E-state index contributed by atoms with van der Waals surface area (Å²) in [6, 6.07) is 9.61. The van der Waals surface area contributed by atoms with Crippen molar-refractivity contribution >= 4 is 17.2 Å². The van der Waals surface area contributed by atoms with Crippen molar-refractivity contribution in [2.75, 3.05) is 6.61 Å². The number of para-hydroxylation sites is 1. The van der Waals surface area contributed by atoms with E-state index >= 15 is 0 Å². The number of aromatic nitrogens is 1. The highest BCUT2D eigenvalue weighted by Crippen LogP contribution is 2.29. The second-order valence-electron chi connectivity index (χ2n) is 5.13. The van der Waals surface area contributed by atoms with Crippen molar-refractivity contribution in [2.24, 2.45) is 5.92 Å². The van der Waals surface area contributed by atoms with Gasteiger partial charge in [0.2, 0.25) is 5.88 Å². The predicted octanol–water partition coefficient (Wildman–Crippen LogP) is 3.62. The van der Waals surface area contributed by atoms with Crippen molar-refractivity contribution in [3.05, 3.63) is 35.9 Å². The quantitative estimate of drug-likeness (QED) is 0.766. The lowest BCUT2D eigenvalue weighted by Crippen LogP contribution is -2.15. The van der Waals surface area contributed by atoms with Gasteiger partial charge in [0.1, 0.15) is 0 Å². The van der Waals surface area contributed by atoms with Crippen LogP contribution >= 0.6 is 0 Å². The molecule has 2 aromatic rings. The second-order valence-corrected chi connectivity index (χ2v) is 5.13. The Hall–Kier alpha value is -1.90. The molecule has 0 spiro atoms. The lowest BCUT2D eigenvalue weighted by molar-refractivity contribution is 0.111. The van der Waals surface area contributed by atoms with Gasteiger partial charge < -0.3 is 4.74 Å². The van der Waals surface area contributed by atoms with Gasteiger partial charge in [-0.1, -0.05) is 37.5 Å². The molecule has 98 valence electrons. The Morgan fingerprint density at radius 2 is 2.16 bits per heavy atom. The van der Waals surface area contributed by atoms with Gasteiger partial charge in [-0.05, 0) is 24.5 Å². The summed E-state index contributed by atoms with van der Waals surface area (Å²) in [7, 11) is 0. The molecule has 3 nitrogen and oxygen atoms in total. The average Bonchev–Trinajstić information content (AvgIpc) is 2.40. The van der Waals surface area contributed by atoms with Crippen molar-refractivity contribution in [2.45, 2.75) is 25.7 Å². The summed E-state index contributed by atoms with van der Waals surface area (Å²) in [5, 5.41) is 0.968. The van der Waals surface area contributed by atoms with E-state index < -0.39 is 0 Å². The minimum Gasteiger partial charge on any atom is -0.477 e. The predicted molar refractivity (Wildman–Crippen MR) is 74.6 cm³/mol. The Labute approximate surface area is 112 Å². The third kappa shape index (κ3) is 2.60. The smallest absolute Gasteiger partial charge is 0.224 e. The fourth-order valence-electron chi connectivity index (χ4n) is 2.42. The van der Waals surface area contributed by atoms with Crippen LogP contribution < -0.4 is 4.74 Å².